The van der Waals surface area contributed by atoms with Crippen LogP contribution in [0.25, 0.3) is 0 Å². The number of carbonyl (C=O) groups is 4. The van der Waals surface area contributed by atoms with E-state index in [0.717, 1.165) is 0 Å². The molecule has 1 N–H and O–H groups in total. The minimum atomic E-state index is -0.746. The Morgan fingerprint density at radius 1 is 0.903 bits per heavy atom. The van der Waals surface area contributed by atoms with E-state index in [4.69, 9.17) is 23.7 Å². The highest BCUT2D eigenvalue weighted by Gasteiger charge is 2.20. The molecule has 0 unspecified atom stereocenters. The Hall–Kier alpha value is -3.30. The van der Waals surface area contributed by atoms with Gasteiger partial charge >= 0.3 is 18.0 Å². The highest BCUT2D eigenvalue weighted by atomic mass is 16.6. The number of ketones is 1. The van der Waals surface area contributed by atoms with Crippen LogP contribution >= 0.6 is 0 Å². The average Bonchev–Trinajstić information content (AvgIpc) is 2.68. The normalized spacial score (nSPS) is 10.6. The van der Waals surface area contributed by atoms with Crippen molar-refractivity contribution in [1.29, 1.82) is 0 Å². The van der Waals surface area contributed by atoms with Gasteiger partial charge in [0.2, 0.25) is 0 Å². The zero-order chi connectivity index (χ0) is 23.4. The van der Waals surface area contributed by atoms with Crippen LogP contribution < -0.4 is 14.8 Å². The van der Waals surface area contributed by atoms with Crippen LogP contribution in [0.4, 0.5) is 4.79 Å². The standard InChI is InChI=1S/C21H29NO9/c1-6-27-18(24)12-29-14-8-9-15(17(10-14)30-13-19(25)28-7-2)16(23)11-22-20(26)31-21(3,4)5/h8-10H,6-7,11-13H2,1-5H3,(H,22,26). The van der Waals surface area contributed by atoms with Gasteiger partial charge in [0, 0.05) is 6.07 Å². The van der Waals surface area contributed by atoms with Crippen LogP contribution in [-0.2, 0) is 23.8 Å². The Morgan fingerprint density at radius 2 is 1.48 bits per heavy atom. The third kappa shape index (κ3) is 10.3. The lowest BCUT2D eigenvalue weighted by atomic mass is 10.1. The smallest absolute Gasteiger partial charge is 0.408 e. The molecule has 0 heterocycles. The largest absolute Gasteiger partial charge is 0.482 e. The molecule has 0 saturated heterocycles. The monoisotopic (exact) mass is 439 g/mol. The molecule has 172 valence electrons. The van der Waals surface area contributed by atoms with Crippen LogP contribution in [0.15, 0.2) is 18.2 Å². The molecule has 0 saturated carbocycles. The van der Waals surface area contributed by atoms with Gasteiger partial charge in [0.1, 0.15) is 17.1 Å². The molecule has 0 fully saturated rings. The molecule has 10 heteroatoms. The first-order valence-corrected chi connectivity index (χ1v) is 9.76. The van der Waals surface area contributed by atoms with Crippen molar-refractivity contribution in [3.63, 3.8) is 0 Å². The van der Waals surface area contributed by atoms with Gasteiger partial charge in [-0.1, -0.05) is 0 Å². The molecule has 0 atom stereocenters. The van der Waals surface area contributed by atoms with Crippen molar-refractivity contribution in [2.24, 2.45) is 0 Å². The molecular weight excluding hydrogens is 410 g/mol. The van der Waals surface area contributed by atoms with Gasteiger partial charge in [0.15, 0.2) is 19.0 Å². The van der Waals surface area contributed by atoms with E-state index in [1.807, 2.05) is 0 Å². The van der Waals surface area contributed by atoms with Crippen LogP contribution in [0.2, 0.25) is 0 Å². The first-order chi connectivity index (χ1) is 14.6. The molecule has 0 aliphatic carbocycles. The van der Waals surface area contributed by atoms with E-state index in [9.17, 15) is 19.2 Å². The van der Waals surface area contributed by atoms with Crippen LogP contribution in [0.3, 0.4) is 0 Å². The third-order valence-electron chi connectivity index (χ3n) is 3.36. The van der Waals surface area contributed by atoms with E-state index < -0.39 is 36.0 Å². The fraction of sp³-hybridized carbons (Fsp3) is 0.524. The molecule has 0 bridgehead atoms. The van der Waals surface area contributed by atoms with Gasteiger partial charge in [0.05, 0.1) is 25.3 Å². The van der Waals surface area contributed by atoms with Crippen molar-refractivity contribution in [1.82, 2.24) is 5.32 Å². The summed E-state index contributed by atoms with van der Waals surface area (Å²) in [6.45, 7) is 7.69. The molecule has 0 spiro atoms. The number of Topliss-reactive ketones (excluding diaryl/α,β-unsaturated/α-hetero) is 1. The van der Waals surface area contributed by atoms with E-state index in [0.29, 0.717) is 0 Å². The van der Waals surface area contributed by atoms with E-state index in [1.54, 1.807) is 34.6 Å². The second-order valence-electron chi connectivity index (χ2n) is 7.12. The lowest BCUT2D eigenvalue weighted by Crippen LogP contribution is -2.35. The van der Waals surface area contributed by atoms with Crippen molar-refractivity contribution in [3.05, 3.63) is 23.8 Å². The predicted molar refractivity (Wildman–Crippen MR) is 109 cm³/mol. The minimum absolute atomic E-state index is 0.0328. The molecular formula is C21H29NO9. The van der Waals surface area contributed by atoms with Crippen LogP contribution in [0.1, 0.15) is 45.0 Å². The van der Waals surface area contributed by atoms with Gasteiger partial charge in [-0.2, -0.15) is 0 Å². The third-order valence-corrected chi connectivity index (χ3v) is 3.36. The van der Waals surface area contributed by atoms with Crippen molar-refractivity contribution >= 4 is 23.8 Å². The summed E-state index contributed by atoms with van der Waals surface area (Å²) in [6, 6.07) is 4.22. The lowest BCUT2D eigenvalue weighted by molar-refractivity contribution is -0.146. The maximum absolute atomic E-state index is 12.6. The van der Waals surface area contributed by atoms with E-state index >= 15 is 0 Å². The van der Waals surface area contributed by atoms with Gasteiger partial charge < -0.3 is 29.0 Å². The molecule has 0 aliphatic rings. The van der Waals surface area contributed by atoms with E-state index in [-0.39, 0.29) is 43.4 Å². The van der Waals surface area contributed by atoms with Crippen molar-refractivity contribution in [2.45, 2.75) is 40.2 Å². The summed E-state index contributed by atoms with van der Waals surface area (Å²) >= 11 is 0. The molecule has 0 aliphatic heterocycles. The second-order valence-corrected chi connectivity index (χ2v) is 7.12. The number of hydrogen-bond acceptors (Lipinski definition) is 9. The second kappa shape index (κ2) is 12.4. The highest BCUT2D eigenvalue weighted by molar-refractivity contribution is 6.01. The maximum Gasteiger partial charge on any atom is 0.408 e. The van der Waals surface area contributed by atoms with E-state index in [1.165, 1.54) is 18.2 Å². The van der Waals surface area contributed by atoms with Gasteiger partial charge in [0.25, 0.3) is 0 Å². The number of carbonyl (C=O) groups excluding carboxylic acids is 4. The summed E-state index contributed by atoms with van der Waals surface area (Å²) in [4.78, 5) is 47.5. The molecule has 1 rings (SSSR count). The summed E-state index contributed by atoms with van der Waals surface area (Å²) in [7, 11) is 0. The molecule has 0 radical (unpaired) electrons. The fourth-order valence-electron chi connectivity index (χ4n) is 2.19. The number of alkyl carbamates (subject to hydrolysis) is 1. The van der Waals surface area contributed by atoms with Gasteiger partial charge in [-0.3, -0.25) is 4.79 Å². The van der Waals surface area contributed by atoms with Gasteiger partial charge in [-0.25, -0.2) is 14.4 Å². The fourth-order valence-corrected chi connectivity index (χ4v) is 2.19. The van der Waals surface area contributed by atoms with Crippen LogP contribution in [0.5, 0.6) is 11.5 Å². The summed E-state index contributed by atoms with van der Waals surface area (Å²) < 4.78 is 25.4. The maximum atomic E-state index is 12.6. The quantitative estimate of drug-likeness (QED) is 0.314. The number of nitrogens with one attached hydrogen (secondary N) is 1. The Kier molecular flexibility index (Phi) is 10.3. The zero-order valence-electron chi connectivity index (χ0n) is 18.4. The first kappa shape index (κ1) is 25.7. The number of amides is 1. The first-order valence-electron chi connectivity index (χ1n) is 9.76. The molecule has 0 aromatic heterocycles. The number of esters is 2. The summed E-state index contributed by atoms with van der Waals surface area (Å²) in [6.07, 6.45) is -0.746. The molecule has 1 aromatic rings. The van der Waals surface area contributed by atoms with Crippen LogP contribution in [0, 0.1) is 0 Å². The minimum Gasteiger partial charge on any atom is -0.482 e. The molecule has 31 heavy (non-hydrogen) atoms. The SMILES string of the molecule is CCOC(=O)COc1ccc(C(=O)CNC(=O)OC(C)(C)C)c(OCC(=O)OCC)c1. The van der Waals surface area contributed by atoms with E-state index in [2.05, 4.69) is 5.32 Å². The Morgan fingerprint density at radius 3 is 2.03 bits per heavy atom. The summed E-state index contributed by atoms with van der Waals surface area (Å²) in [5, 5.41) is 2.37. The Balaban J connectivity index is 2.91. The Bertz CT molecular complexity index is 784. The zero-order valence-corrected chi connectivity index (χ0v) is 18.4. The topological polar surface area (TPSA) is 126 Å². The van der Waals surface area contributed by atoms with Gasteiger partial charge in [-0.05, 0) is 46.8 Å². The number of rotatable bonds is 11. The van der Waals surface area contributed by atoms with Crippen LogP contribution in [-0.4, -0.2) is 62.4 Å². The number of ether oxygens (including phenoxy) is 5. The Labute approximate surface area is 181 Å². The lowest BCUT2D eigenvalue weighted by Gasteiger charge is -2.19. The molecule has 1 amide bonds. The summed E-state index contributed by atoms with van der Waals surface area (Å²) in [5.74, 6) is -1.40. The van der Waals surface area contributed by atoms with Crippen molar-refractivity contribution < 1.29 is 42.9 Å². The highest BCUT2D eigenvalue weighted by Crippen LogP contribution is 2.26. The molecule has 10 nitrogen and oxygen atoms in total. The summed E-state index contributed by atoms with van der Waals surface area (Å²) in [5.41, 5.74) is -0.609. The van der Waals surface area contributed by atoms with Crippen molar-refractivity contribution in [2.75, 3.05) is 33.0 Å². The number of benzene rings is 1. The molecule has 1 aromatic carbocycles. The van der Waals surface area contributed by atoms with Crippen molar-refractivity contribution in [3.8, 4) is 11.5 Å². The predicted octanol–water partition coefficient (Wildman–Crippen LogP) is 2.28. The average molecular weight is 439 g/mol. The number of hydrogen-bond donors (Lipinski definition) is 1. The van der Waals surface area contributed by atoms with Gasteiger partial charge in [-0.15, -0.1) is 0 Å².